The molecule has 1 aliphatic heterocycles. The van der Waals surface area contributed by atoms with Gasteiger partial charge in [-0.15, -0.1) is 0 Å². The zero-order valence-electron chi connectivity index (χ0n) is 17.4. The number of hydrogen-bond donors (Lipinski definition) is 1. The Balaban J connectivity index is 1.30. The summed E-state index contributed by atoms with van der Waals surface area (Å²) in [6, 6.07) is 15.8. The molecule has 1 N–H and O–H groups in total. The summed E-state index contributed by atoms with van der Waals surface area (Å²) >= 11 is 0. The topological polar surface area (TPSA) is 115 Å². The number of anilines is 1. The van der Waals surface area contributed by atoms with Gasteiger partial charge in [-0.05, 0) is 24.6 Å². The molecule has 1 aromatic heterocycles. The lowest BCUT2D eigenvalue weighted by molar-refractivity contribution is -0.116. The smallest absolute Gasteiger partial charge is 0.243 e. The highest BCUT2D eigenvalue weighted by molar-refractivity contribution is 7.89. The molecule has 0 aliphatic carbocycles. The van der Waals surface area contributed by atoms with E-state index in [4.69, 9.17) is 9.26 Å². The van der Waals surface area contributed by atoms with Gasteiger partial charge in [0.15, 0.2) is 0 Å². The molecule has 4 rings (SSSR count). The van der Waals surface area contributed by atoms with E-state index < -0.39 is 10.0 Å². The zero-order chi connectivity index (χ0) is 22.4. The normalized spacial score (nSPS) is 14.9. The molecular formula is C22H24N4O5S. The van der Waals surface area contributed by atoms with Crippen LogP contribution in [0.5, 0.6) is 0 Å². The molecule has 0 saturated carbocycles. The average molecular weight is 457 g/mol. The molecule has 0 radical (unpaired) electrons. The predicted octanol–water partition coefficient (Wildman–Crippen LogP) is 2.72. The number of aromatic nitrogens is 2. The van der Waals surface area contributed by atoms with Crippen LogP contribution >= 0.6 is 0 Å². The standard InChI is InChI=1S/C22H24N4O5S/c27-20(10-5-11-21-24-22(25-31-21)17-6-2-1-3-7-17)23-18-8-4-9-19(16-18)32(28,29)26-12-14-30-15-13-26/h1-4,6-9,16H,5,10-15H2,(H,23,27). The first-order valence-corrected chi connectivity index (χ1v) is 11.8. The highest BCUT2D eigenvalue weighted by atomic mass is 32.2. The number of benzene rings is 2. The molecule has 0 atom stereocenters. The van der Waals surface area contributed by atoms with E-state index in [0.29, 0.717) is 56.5 Å². The maximum atomic E-state index is 12.8. The highest BCUT2D eigenvalue weighted by Crippen LogP contribution is 2.21. The van der Waals surface area contributed by atoms with Crippen LogP contribution in [0.2, 0.25) is 0 Å². The quantitative estimate of drug-likeness (QED) is 0.554. The molecule has 168 valence electrons. The largest absolute Gasteiger partial charge is 0.379 e. The van der Waals surface area contributed by atoms with Crippen molar-refractivity contribution in [2.75, 3.05) is 31.6 Å². The van der Waals surface area contributed by atoms with Crippen LogP contribution in [0.3, 0.4) is 0 Å². The minimum absolute atomic E-state index is 0.150. The Morgan fingerprint density at radius 3 is 2.62 bits per heavy atom. The maximum absolute atomic E-state index is 12.8. The molecule has 1 amide bonds. The van der Waals surface area contributed by atoms with Crippen molar-refractivity contribution < 1.29 is 22.5 Å². The molecule has 32 heavy (non-hydrogen) atoms. The maximum Gasteiger partial charge on any atom is 0.243 e. The van der Waals surface area contributed by atoms with Crippen LogP contribution < -0.4 is 5.32 Å². The monoisotopic (exact) mass is 456 g/mol. The number of morpholine rings is 1. The molecule has 2 heterocycles. The molecule has 10 heteroatoms. The van der Waals surface area contributed by atoms with Gasteiger partial charge in [0.05, 0.1) is 18.1 Å². The minimum Gasteiger partial charge on any atom is -0.379 e. The number of sulfonamides is 1. The fourth-order valence-corrected chi connectivity index (χ4v) is 4.81. The second-order valence-corrected chi connectivity index (χ2v) is 9.26. The molecule has 9 nitrogen and oxygen atoms in total. The third-order valence-electron chi connectivity index (χ3n) is 5.02. The predicted molar refractivity (Wildman–Crippen MR) is 117 cm³/mol. The van der Waals surface area contributed by atoms with Crippen molar-refractivity contribution in [1.29, 1.82) is 0 Å². The Labute approximate surface area is 186 Å². The van der Waals surface area contributed by atoms with Gasteiger partial charge in [0, 0.05) is 37.2 Å². The van der Waals surface area contributed by atoms with Gasteiger partial charge >= 0.3 is 0 Å². The van der Waals surface area contributed by atoms with E-state index in [0.717, 1.165) is 5.56 Å². The number of hydrogen-bond acceptors (Lipinski definition) is 7. The lowest BCUT2D eigenvalue weighted by Crippen LogP contribution is -2.40. The van der Waals surface area contributed by atoms with E-state index in [1.165, 1.54) is 16.4 Å². The lowest BCUT2D eigenvalue weighted by atomic mass is 10.2. The summed E-state index contributed by atoms with van der Waals surface area (Å²) in [6.07, 6.45) is 1.23. The van der Waals surface area contributed by atoms with Gasteiger partial charge in [0.2, 0.25) is 27.6 Å². The van der Waals surface area contributed by atoms with Gasteiger partial charge in [-0.1, -0.05) is 41.6 Å². The van der Waals surface area contributed by atoms with Crippen LogP contribution in [0, 0.1) is 0 Å². The SMILES string of the molecule is O=C(CCCc1nc(-c2ccccc2)no1)Nc1cccc(S(=O)(=O)N2CCOCC2)c1. The molecule has 3 aromatic rings. The first-order valence-electron chi connectivity index (χ1n) is 10.4. The van der Waals surface area contributed by atoms with E-state index >= 15 is 0 Å². The van der Waals surface area contributed by atoms with E-state index in [9.17, 15) is 13.2 Å². The van der Waals surface area contributed by atoms with Gasteiger partial charge in [-0.2, -0.15) is 9.29 Å². The first-order chi connectivity index (χ1) is 15.5. The summed E-state index contributed by atoms with van der Waals surface area (Å²) < 4.78 is 37.5. The number of rotatable bonds is 8. The molecule has 1 aliphatic rings. The van der Waals surface area contributed by atoms with Crippen molar-refractivity contribution in [3.05, 3.63) is 60.5 Å². The number of nitrogens with one attached hydrogen (secondary N) is 1. The van der Waals surface area contributed by atoms with Crippen molar-refractivity contribution in [3.63, 3.8) is 0 Å². The Kier molecular flexibility index (Phi) is 6.93. The van der Waals surface area contributed by atoms with Crippen LogP contribution in [0.15, 0.2) is 64.0 Å². The number of carbonyl (C=O) groups excluding carboxylic acids is 1. The summed E-state index contributed by atoms with van der Waals surface area (Å²) in [5.74, 6) is 0.771. The third kappa shape index (κ3) is 5.39. The van der Waals surface area contributed by atoms with Crippen LogP contribution in [0.4, 0.5) is 5.69 Å². The van der Waals surface area contributed by atoms with Gasteiger partial charge in [0.1, 0.15) is 0 Å². The molecule has 1 saturated heterocycles. The van der Waals surface area contributed by atoms with Crippen LogP contribution in [-0.2, 0) is 26.0 Å². The van der Waals surface area contributed by atoms with Gasteiger partial charge < -0.3 is 14.6 Å². The number of nitrogens with zero attached hydrogens (tertiary/aromatic N) is 3. The Morgan fingerprint density at radius 2 is 1.84 bits per heavy atom. The number of ether oxygens (including phenoxy) is 1. The molecule has 0 unspecified atom stereocenters. The molecule has 0 bridgehead atoms. The Hall–Kier alpha value is -3.08. The van der Waals surface area contributed by atoms with Crippen molar-refractivity contribution in [3.8, 4) is 11.4 Å². The van der Waals surface area contributed by atoms with Crippen molar-refractivity contribution in [1.82, 2.24) is 14.4 Å². The summed E-state index contributed by atoms with van der Waals surface area (Å²) in [5, 5.41) is 6.73. The minimum atomic E-state index is -3.62. The number of aryl methyl sites for hydroxylation is 1. The third-order valence-corrected chi connectivity index (χ3v) is 6.91. The van der Waals surface area contributed by atoms with Crippen molar-refractivity contribution in [2.45, 2.75) is 24.2 Å². The lowest BCUT2D eigenvalue weighted by Gasteiger charge is -2.26. The molecular weight excluding hydrogens is 432 g/mol. The van der Waals surface area contributed by atoms with Crippen LogP contribution in [0.1, 0.15) is 18.7 Å². The first kappa shape index (κ1) is 22.1. The second kappa shape index (κ2) is 10.0. The van der Waals surface area contributed by atoms with E-state index in [-0.39, 0.29) is 17.2 Å². The van der Waals surface area contributed by atoms with Crippen molar-refractivity contribution in [2.24, 2.45) is 0 Å². The van der Waals surface area contributed by atoms with E-state index in [1.54, 1.807) is 12.1 Å². The molecule has 2 aromatic carbocycles. The highest BCUT2D eigenvalue weighted by Gasteiger charge is 2.26. The summed E-state index contributed by atoms with van der Waals surface area (Å²) in [7, 11) is -3.62. The number of amides is 1. The van der Waals surface area contributed by atoms with Gasteiger partial charge in [-0.25, -0.2) is 8.42 Å². The average Bonchev–Trinajstić information content (AvgIpc) is 3.29. The molecule has 0 spiro atoms. The fourth-order valence-electron chi connectivity index (χ4n) is 3.35. The van der Waals surface area contributed by atoms with Crippen molar-refractivity contribution >= 4 is 21.6 Å². The second-order valence-electron chi connectivity index (χ2n) is 7.32. The van der Waals surface area contributed by atoms with Gasteiger partial charge in [-0.3, -0.25) is 4.79 Å². The summed E-state index contributed by atoms with van der Waals surface area (Å²) in [4.78, 5) is 16.8. The van der Waals surface area contributed by atoms with Crippen LogP contribution in [-0.4, -0.2) is 55.1 Å². The van der Waals surface area contributed by atoms with Gasteiger partial charge in [0.25, 0.3) is 0 Å². The van der Waals surface area contributed by atoms with Crippen LogP contribution in [0.25, 0.3) is 11.4 Å². The van der Waals surface area contributed by atoms with E-state index in [1.807, 2.05) is 30.3 Å². The fraction of sp³-hybridized carbons (Fsp3) is 0.318. The Bertz CT molecular complexity index is 1160. The van der Waals surface area contributed by atoms with E-state index in [2.05, 4.69) is 15.5 Å². The number of carbonyl (C=O) groups is 1. The Morgan fingerprint density at radius 1 is 1.06 bits per heavy atom. The summed E-state index contributed by atoms with van der Waals surface area (Å²) in [5.41, 5.74) is 1.31. The summed E-state index contributed by atoms with van der Waals surface area (Å²) in [6.45, 7) is 1.40. The zero-order valence-corrected chi connectivity index (χ0v) is 18.3. The molecule has 1 fully saturated rings.